The number of ketones is 1. The number of hydrogen-bond acceptors (Lipinski definition) is 4. The minimum Gasteiger partial charge on any atom is -0.486 e. The molecule has 0 saturated heterocycles. The van der Waals surface area contributed by atoms with E-state index < -0.39 is 5.60 Å². The summed E-state index contributed by atoms with van der Waals surface area (Å²) in [6, 6.07) is 7.43. The first kappa shape index (κ1) is 15.6. The minimum absolute atomic E-state index is 0.00518. The van der Waals surface area contributed by atoms with Crippen molar-refractivity contribution >= 4 is 11.7 Å². The standard InChI is InChI=1S/C19H23NO4/c1-11(10-23-2)20-18(22)16-13-7-8-19(17(13)16)9-14(21)12-5-3-4-6-15(12)24-19/h3-6,11,13,16-17H,7-10H2,1-2H3,(H,20,22). The highest BCUT2D eigenvalue weighted by Crippen LogP contribution is 2.65. The van der Waals surface area contributed by atoms with Crippen molar-refractivity contribution in [3.05, 3.63) is 29.8 Å². The lowest BCUT2D eigenvalue weighted by molar-refractivity contribution is -0.125. The van der Waals surface area contributed by atoms with E-state index in [9.17, 15) is 9.59 Å². The molecule has 5 atom stereocenters. The monoisotopic (exact) mass is 329 g/mol. The lowest BCUT2D eigenvalue weighted by Gasteiger charge is -2.37. The van der Waals surface area contributed by atoms with Gasteiger partial charge in [-0.3, -0.25) is 9.59 Å². The van der Waals surface area contributed by atoms with E-state index >= 15 is 0 Å². The largest absolute Gasteiger partial charge is 0.486 e. The number of fused-ring (bicyclic) bond motifs is 3. The molecule has 5 heteroatoms. The fraction of sp³-hybridized carbons (Fsp3) is 0.579. The molecule has 128 valence electrons. The predicted octanol–water partition coefficient (Wildman–Crippen LogP) is 2.20. The summed E-state index contributed by atoms with van der Waals surface area (Å²) in [5.41, 5.74) is 0.185. The molecular weight excluding hydrogens is 306 g/mol. The molecule has 2 fully saturated rings. The van der Waals surface area contributed by atoms with Gasteiger partial charge in [-0.2, -0.15) is 0 Å². The van der Waals surface area contributed by atoms with Gasteiger partial charge in [-0.1, -0.05) is 12.1 Å². The number of para-hydroxylation sites is 1. The summed E-state index contributed by atoms with van der Waals surface area (Å²) in [5, 5.41) is 3.02. The van der Waals surface area contributed by atoms with Crippen molar-refractivity contribution in [2.24, 2.45) is 17.8 Å². The van der Waals surface area contributed by atoms with Crippen molar-refractivity contribution in [1.82, 2.24) is 5.32 Å². The van der Waals surface area contributed by atoms with Crippen LogP contribution in [0.5, 0.6) is 5.75 Å². The Morgan fingerprint density at radius 3 is 3.04 bits per heavy atom. The fourth-order valence-corrected chi connectivity index (χ4v) is 4.75. The molecule has 4 rings (SSSR count). The molecule has 1 N–H and O–H groups in total. The first-order chi connectivity index (χ1) is 11.6. The van der Waals surface area contributed by atoms with E-state index in [0.717, 1.165) is 12.8 Å². The van der Waals surface area contributed by atoms with Crippen LogP contribution in [0.2, 0.25) is 0 Å². The van der Waals surface area contributed by atoms with Gasteiger partial charge in [-0.25, -0.2) is 0 Å². The van der Waals surface area contributed by atoms with Crippen molar-refractivity contribution in [2.75, 3.05) is 13.7 Å². The highest BCUT2D eigenvalue weighted by molar-refractivity contribution is 6.00. The number of benzene rings is 1. The minimum atomic E-state index is -0.484. The molecule has 24 heavy (non-hydrogen) atoms. The zero-order valence-electron chi connectivity index (χ0n) is 14.1. The van der Waals surface area contributed by atoms with E-state index in [2.05, 4.69) is 5.32 Å². The van der Waals surface area contributed by atoms with Crippen molar-refractivity contribution < 1.29 is 19.1 Å². The molecule has 0 radical (unpaired) electrons. The van der Waals surface area contributed by atoms with Crippen LogP contribution in [0.1, 0.15) is 36.5 Å². The normalized spacial score (nSPS) is 34.2. The molecule has 5 unspecified atom stereocenters. The number of carbonyl (C=O) groups is 2. The summed E-state index contributed by atoms with van der Waals surface area (Å²) in [6.45, 7) is 2.44. The molecular formula is C19H23NO4. The number of methoxy groups -OCH3 is 1. The van der Waals surface area contributed by atoms with Crippen LogP contribution < -0.4 is 10.1 Å². The van der Waals surface area contributed by atoms with Crippen LogP contribution in [0.4, 0.5) is 0 Å². The average molecular weight is 329 g/mol. The molecule has 3 aliphatic rings. The van der Waals surface area contributed by atoms with Crippen molar-refractivity contribution in [3.63, 3.8) is 0 Å². The van der Waals surface area contributed by atoms with E-state index in [-0.39, 0.29) is 29.6 Å². The fourth-order valence-electron chi connectivity index (χ4n) is 4.75. The van der Waals surface area contributed by atoms with Gasteiger partial charge >= 0.3 is 0 Å². The summed E-state index contributed by atoms with van der Waals surface area (Å²) in [7, 11) is 1.63. The second-order valence-electron chi connectivity index (χ2n) is 7.38. The van der Waals surface area contributed by atoms with Crippen LogP contribution >= 0.6 is 0 Å². The van der Waals surface area contributed by atoms with Crippen LogP contribution in [-0.2, 0) is 9.53 Å². The Morgan fingerprint density at radius 1 is 1.46 bits per heavy atom. The Hall–Kier alpha value is -1.88. The number of ether oxygens (including phenoxy) is 2. The highest BCUT2D eigenvalue weighted by atomic mass is 16.5. The van der Waals surface area contributed by atoms with Gasteiger partial charge in [-0.15, -0.1) is 0 Å². The van der Waals surface area contributed by atoms with Gasteiger partial charge in [0, 0.05) is 25.0 Å². The van der Waals surface area contributed by atoms with Crippen LogP contribution in [-0.4, -0.2) is 37.0 Å². The van der Waals surface area contributed by atoms with Gasteiger partial charge in [0.2, 0.25) is 5.91 Å². The summed E-state index contributed by atoms with van der Waals surface area (Å²) in [5.74, 6) is 1.35. The Labute approximate surface area is 141 Å². The van der Waals surface area contributed by atoms with E-state index in [0.29, 0.717) is 30.3 Å². The maximum atomic E-state index is 12.6. The maximum Gasteiger partial charge on any atom is 0.224 e. The zero-order chi connectivity index (χ0) is 16.9. The molecule has 1 aliphatic heterocycles. The highest BCUT2D eigenvalue weighted by Gasteiger charge is 2.70. The summed E-state index contributed by atoms with van der Waals surface area (Å²) in [6.07, 6.45) is 2.21. The SMILES string of the molecule is COCC(C)NC(=O)C1C2CCC3(CC(=O)c4ccccc4O3)C21. The number of Topliss-reactive ketones (excluding diaryl/α,β-unsaturated/α-hetero) is 1. The molecule has 1 spiro atoms. The average Bonchev–Trinajstić information content (AvgIpc) is 3.20. The Bertz CT molecular complexity index is 688. The predicted molar refractivity (Wildman–Crippen MR) is 87.9 cm³/mol. The van der Waals surface area contributed by atoms with Crippen molar-refractivity contribution in [2.45, 2.75) is 37.8 Å². The number of rotatable bonds is 4. The van der Waals surface area contributed by atoms with E-state index in [4.69, 9.17) is 9.47 Å². The second kappa shape index (κ2) is 5.59. The van der Waals surface area contributed by atoms with Gasteiger partial charge in [0.15, 0.2) is 5.78 Å². The third-order valence-corrected chi connectivity index (χ3v) is 5.75. The quantitative estimate of drug-likeness (QED) is 0.920. The van der Waals surface area contributed by atoms with E-state index in [1.54, 1.807) is 7.11 Å². The molecule has 1 amide bonds. The molecule has 0 aromatic heterocycles. The molecule has 1 aromatic carbocycles. The smallest absolute Gasteiger partial charge is 0.224 e. The molecule has 2 saturated carbocycles. The summed E-state index contributed by atoms with van der Waals surface area (Å²) in [4.78, 5) is 25.1. The van der Waals surface area contributed by atoms with Gasteiger partial charge in [0.25, 0.3) is 0 Å². The van der Waals surface area contributed by atoms with Gasteiger partial charge < -0.3 is 14.8 Å². The van der Waals surface area contributed by atoms with E-state index in [1.807, 2.05) is 31.2 Å². The lowest BCUT2D eigenvalue weighted by atomic mass is 9.84. The summed E-state index contributed by atoms with van der Waals surface area (Å²) >= 11 is 0. The number of amides is 1. The van der Waals surface area contributed by atoms with Crippen molar-refractivity contribution in [3.8, 4) is 5.75 Å². The second-order valence-corrected chi connectivity index (χ2v) is 7.38. The molecule has 0 bridgehead atoms. The van der Waals surface area contributed by atoms with E-state index in [1.165, 1.54) is 0 Å². The van der Waals surface area contributed by atoms with Crippen LogP contribution in [0.3, 0.4) is 0 Å². The third kappa shape index (κ3) is 2.34. The molecule has 2 aliphatic carbocycles. The topological polar surface area (TPSA) is 64.6 Å². The zero-order valence-corrected chi connectivity index (χ0v) is 14.1. The van der Waals surface area contributed by atoms with Crippen LogP contribution in [0, 0.1) is 17.8 Å². The first-order valence-corrected chi connectivity index (χ1v) is 8.66. The molecule has 5 nitrogen and oxygen atoms in total. The maximum absolute atomic E-state index is 12.6. The van der Waals surface area contributed by atoms with Crippen molar-refractivity contribution in [1.29, 1.82) is 0 Å². The van der Waals surface area contributed by atoms with Crippen LogP contribution in [0.25, 0.3) is 0 Å². The first-order valence-electron chi connectivity index (χ1n) is 8.66. The Morgan fingerprint density at radius 2 is 2.25 bits per heavy atom. The number of hydrogen-bond donors (Lipinski definition) is 1. The number of carbonyl (C=O) groups excluding carboxylic acids is 2. The van der Waals surface area contributed by atoms with Gasteiger partial charge in [-0.05, 0) is 37.8 Å². The molecule has 1 heterocycles. The third-order valence-electron chi connectivity index (χ3n) is 5.75. The summed E-state index contributed by atoms with van der Waals surface area (Å²) < 4.78 is 11.4. The number of nitrogens with one attached hydrogen (secondary N) is 1. The molecule has 1 aromatic rings. The Balaban J connectivity index is 1.51. The van der Waals surface area contributed by atoms with Gasteiger partial charge in [0.05, 0.1) is 18.6 Å². The van der Waals surface area contributed by atoms with Gasteiger partial charge in [0.1, 0.15) is 11.4 Å². The Kier molecular flexibility index (Phi) is 3.64. The lowest BCUT2D eigenvalue weighted by Crippen LogP contribution is -2.45. The van der Waals surface area contributed by atoms with Crippen LogP contribution in [0.15, 0.2) is 24.3 Å².